The van der Waals surface area contributed by atoms with Crippen LogP contribution in [0.2, 0.25) is 0 Å². The lowest BCUT2D eigenvalue weighted by atomic mass is 9.82. The molecule has 7 heterocycles. The van der Waals surface area contributed by atoms with Gasteiger partial charge in [-0.25, -0.2) is 0 Å². The van der Waals surface area contributed by atoms with Gasteiger partial charge < -0.3 is 72.5 Å². The van der Waals surface area contributed by atoms with Gasteiger partial charge in [0.25, 0.3) is 0 Å². The van der Waals surface area contributed by atoms with Gasteiger partial charge in [-0.05, 0) is 56.4 Å². The third kappa shape index (κ3) is 14.1. The highest BCUT2D eigenvalue weighted by molar-refractivity contribution is 6.21. The van der Waals surface area contributed by atoms with Crippen molar-refractivity contribution >= 4 is 23.4 Å². The van der Waals surface area contributed by atoms with Crippen LogP contribution in [0.3, 0.4) is 0 Å². The van der Waals surface area contributed by atoms with Crippen molar-refractivity contribution in [3.8, 4) is 0 Å². The van der Waals surface area contributed by atoms with E-state index in [4.69, 9.17) is 63.7 Å². The molecule has 7 aliphatic rings. The maximum Gasteiger partial charge on any atom is 0.308 e. The molecule has 416 valence electrons. The highest BCUT2D eigenvalue weighted by Gasteiger charge is 2.62. The molecule has 20 atom stereocenters. The quantitative estimate of drug-likeness (QED) is 0.104. The second-order valence-corrected chi connectivity index (χ2v) is 22.7. The van der Waals surface area contributed by atoms with E-state index in [1.54, 1.807) is 26.2 Å². The van der Waals surface area contributed by atoms with E-state index < -0.39 is 108 Å². The number of carbonyl (C=O) groups is 2. The number of fused-ring (bicyclic) bond motifs is 6. The number of halogens is 1. The summed E-state index contributed by atoms with van der Waals surface area (Å²) in [4.78, 5) is 27.8. The summed E-state index contributed by atoms with van der Waals surface area (Å²) in [5.41, 5.74) is 1.05. The molecule has 6 saturated heterocycles. The molecule has 3 spiro atoms. The SMILES string of the molecule is CO[C@H]1C[C@]23CC[C@@H](C)[C@]4(C[C@@H](OC(=O)C[C@@H]5CCC[C@H](C[C@H](O)C[C@@H](O)C[C@@H]6O[C@]7(CC[C@@H](OC)[C@@H](O7)[C@H](O)[C@H](O)[C@H](C)C=CCOCC=C[C@H](O2)[C@@H]1Cl)C(=O)C[C@H]6C)O5)[C@@H](CCOCc1ccccc1)O4)O3. The van der Waals surface area contributed by atoms with E-state index in [9.17, 15) is 30.0 Å². The molecule has 17 nitrogen and oxygen atoms in total. The molecule has 74 heavy (non-hydrogen) atoms. The van der Waals surface area contributed by atoms with Crippen molar-refractivity contribution in [1.29, 1.82) is 0 Å². The lowest BCUT2D eigenvalue weighted by Gasteiger charge is -2.53. The standard InChI is InChI=1S/C56H83ClO17/c1-34-12-10-23-66-24-11-17-43-50(57)47(65-5)31-54(70-43)21-18-36(3)56(74-54)32-46(42(71-56)20-25-67-33-37-13-7-6-8-14-37)69-49(61)30-41-16-9-15-40(68-41)28-38(58)27-39(59)29-45-35(2)26-48(60)55(72-45)22-19-44(64-4)53(73-55)52(63)51(34)62/h6-8,10-14,17,34-36,38-47,50-53,58-59,62-63H,9,15-16,18-33H2,1-5H3/t34-,35-,36-,38-,39-,40-,41+,42-,43+,44-,45+,46-,47+,50+,51-,52-,53-,54-,55+,56+/m1/s1. The number of ether oxygens (including phenoxy) is 11. The van der Waals surface area contributed by atoms with Gasteiger partial charge in [0.05, 0.1) is 86.6 Å². The van der Waals surface area contributed by atoms with Gasteiger partial charge in [-0.2, -0.15) is 0 Å². The predicted octanol–water partition coefficient (Wildman–Crippen LogP) is 6.15. The largest absolute Gasteiger partial charge is 0.459 e. The number of hydrogen-bond acceptors (Lipinski definition) is 17. The van der Waals surface area contributed by atoms with Crippen LogP contribution in [0, 0.1) is 17.8 Å². The topological polar surface area (TPSA) is 217 Å². The third-order valence-electron chi connectivity index (χ3n) is 16.6. The van der Waals surface area contributed by atoms with E-state index in [1.165, 1.54) is 7.11 Å². The molecule has 0 aromatic heterocycles. The number of carbonyl (C=O) groups excluding carboxylic acids is 2. The van der Waals surface area contributed by atoms with E-state index in [1.807, 2.05) is 49.4 Å². The first kappa shape index (κ1) is 57.7. The van der Waals surface area contributed by atoms with E-state index in [2.05, 4.69) is 6.92 Å². The molecule has 8 rings (SSSR count). The van der Waals surface area contributed by atoms with Crippen molar-refractivity contribution in [2.24, 2.45) is 17.8 Å². The summed E-state index contributed by atoms with van der Waals surface area (Å²) >= 11 is 7.04. The number of aliphatic hydroxyl groups is 4. The minimum absolute atomic E-state index is 0.0144. The molecule has 0 unspecified atom stereocenters. The predicted molar refractivity (Wildman–Crippen MR) is 270 cm³/mol. The molecule has 9 bridgehead atoms. The van der Waals surface area contributed by atoms with E-state index >= 15 is 0 Å². The van der Waals surface area contributed by atoms with Gasteiger partial charge in [-0.3, -0.25) is 9.59 Å². The van der Waals surface area contributed by atoms with Gasteiger partial charge in [0.15, 0.2) is 17.4 Å². The Kier molecular flexibility index (Phi) is 20.3. The lowest BCUT2D eigenvalue weighted by Crippen LogP contribution is -2.63. The fraction of sp³-hybridized carbons (Fsp3) is 0.786. The first-order chi connectivity index (χ1) is 35.5. The van der Waals surface area contributed by atoms with Crippen LogP contribution in [0.15, 0.2) is 54.6 Å². The van der Waals surface area contributed by atoms with Gasteiger partial charge in [-0.1, -0.05) is 75.4 Å². The van der Waals surface area contributed by atoms with Crippen molar-refractivity contribution in [3.63, 3.8) is 0 Å². The molecule has 0 saturated carbocycles. The van der Waals surface area contributed by atoms with Gasteiger partial charge >= 0.3 is 5.97 Å². The fourth-order valence-electron chi connectivity index (χ4n) is 12.2. The van der Waals surface area contributed by atoms with E-state index in [-0.39, 0.29) is 81.9 Å². The Labute approximate surface area is 441 Å². The lowest BCUT2D eigenvalue weighted by molar-refractivity contribution is -0.410. The number of benzene rings is 1. The molecule has 0 radical (unpaired) electrons. The van der Waals surface area contributed by atoms with Crippen LogP contribution in [0.4, 0.5) is 0 Å². The average Bonchev–Trinajstić information content (AvgIpc) is 3.72. The van der Waals surface area contributed by atoms with Crippen LogP contribution in [0.25, 0.3) is 0 Å². The van der Waals surface area contributed by atoms with Crippen molar-refractivity contribution in [1.82, 2.24) is 0 Å². The minimum Gasteiger partial charge on any atom is -0.459 e. The second-order valence-electron chi connectivity index (χ2n) is 22.2. The molecule has 7 aliphatic heterocycles. The van der Waals surface area contributed by atoms with Gasteiger partial charge in [0, 0.05) is 77.6 Å². The molecule has 1 aromatic rings. The van der Waals surface area contributed by atoms with E-state index in [0.717, 1.165) is 12.0 Å². The maximum atomic E-state index is 14.0. The molecule has 4 N–H and O–H groups in total. The van der Waals surface area contributed by atoms with Crippen LogP contribution in [0.5, 0.6) is 0 Å². The zero-order valence-corrected chi connectivity index (χ0v) is 44.7. The van der Waals surface area contributed by atoms with Crippen LogP contribution < -0.4 is 0 Å². The monoisotopic (exact) mass is 1060 g/mol. The number of rotatable bonds is 7. The molecule has 0 amide bonds. The average molecular weight is 1060 g/mol. The number of hydrogen-bond donors (Lipinski definition) is 4. The summed E-state index contributed by atoms with van der Waals surface area (Å²) in [6, 6.07) is 9.92. The highest BCUT2D eigenvalue weighted by atomic mass is 35.5. The second kappa shape index (κ2) is 26.0. The Morgan fingerprint density at radius 1 is 0.757 bits per heavy atom. The zero-order chi connectivity index (χ0) is 52.6. The minimum atomic E-state index is -1.70. The first-order valence-corrected chi connectivity index (χ1v) is 27.7. The fourth-order valence-corrected chi connectivity index (χ4v) is 12.6. The Hall–Kier alpha value is -2.43. The van der Waals surface area contributed by atoms with Gasteiger partial charge in [-0.15, -0.1) is 11.6 Å². The number of aliphatic hydroxyl groups excluding tert-OH is 4. The Bertz CT molecular complexity index is 2010. The molecule has 0 aliphatic carbocycles. The number of esters is 1. The van der Waals surface area contributed by atoms with Crippen LogP contribution in [-0.2, 0) is 68.3 Å². The van der Waals surface area contributed by atoms with Crippen molar-refractivity contribution in [2.45, 2.75) is 226 Å². The Morgan fingerprint density at radius 2 is 1.50 bits per heavy atom. The first-order valence-electron chi connectivity index (χ1n) is 27.3. The molecular formula is C56H83ClO17. The van der Waals surface area contributed by atoms with Crippen molar-refractivity contribution in [3.05, 3.63) is 60.2 Å². The zero-order valence-electron chi connectivity index (χ0n) is 43.9. The summed E-state index contributed by atoms with van der Waals surface area (Å²) < 4.78 is 70.3. The number of methoxy groups -OCH3 is 2. The van der Waals surface area contributed by atoms with Gasteiger partial charge in [0.1, 0.15) is 24.4 Å². The normalized spacial score (nSPS) is 44.3. The summed E-state index contributed by atoms with van der Waals surface area (Å²) in [5.74, 6) is -5.57. The van der Waals surface area contributed by atoms with Gasteiger partial charge in [0.2, 0.25) is 5.79 Å². The Morgan fingerprint density at radius 3 is 2.27 bits per heavy atom. The molecule has 18 heteroatoms. The summed E-state index contributed by atoms with van der Waals surface area (Å²) in [5, 5.41) is 45.2. The van der Waals surface area contributed by atoms with E-state index in [0.29, 0.717) is 58.2 Å². The van der Waals surface area contributed by atoms with Crippen LogP contribution >= 0.6 is 11.6 Å². The number of Topliss-reactive ketones (excluding diaryl/α,β-unsaturated/α-hetero) is 1. The van der Waals surface area contributed by atoms with Crippen molar-refractivity contribution < 1.29 is 82.1 Å². The highest BCUT2D eigenvalue weighted by Crippen LogP contribution is 2.53. The summed E-state index contributed by atoms with van der Waals surface area (Å²) in [6.07, 6.45) is 2.72. The van der Waals surface area contributed by atoms with Crippen LogP contribution in [-0.4, -0.2) is 168 Å². The maximum absolute atomic E-state index is 14.0. The molecule has 1 aromatic carbocycles. The summed E-state index contributed by atoms with van der Waals surface area (Å²) in [7, 11) is 3.12. The van der Waals surface area contributed by atoms with Crippen LogP contribution in [0.1, 0.15) is 123 Å². The summed E-state index contributed by atoms with van der Waals surface area (Å²) in [6.45, 7) is 6.93. The number of ketones is 1. The number of alkyl halides is 1. The third-order valence-corrected chi connectivity index (χ3v) is 17.1. The Balaban J connectivity index is 1.00. The molecule has 6 fully saturated rings. The van der Waals surface area contributed by atoms with Crippen molar-refractivity contribution in [2.75, 3.05) is 34.0 Å². The molecular weight excluding hydrogens is 980 g/mol. The smallest absolute Gasteiger partial charge is 0.308 e.